The van der Waals surface area contributed by atoms with Gasteiger partial charge in [0.15, 0.2) is 0 Å². The average molecular weight is 259 g/mol. The lowest BCUT2D eigenvalue weighted by atomic mass is 9.51. The molecule has 0 radical (unpaired) electrons. The Bertz CT molecular complexity index is 440. The van der Waals surface area contributed by atoms with Crippen LogP contribution in [0.2, 0.25) is 0 Å². The normalized spacial score (nSPS) is 39.5. The molecular formula is C15H21N3O. The molecule has 4 nitrogen and oxygen atoms in total. The van der Waals surface area contributed by atoms with Crippen molar-refractivity contribution in [1.29, 1.82) is 0 Å². The van der Waals surface area contributed by atoms with Crippen molar-refractivity contribution in [2.45, 2.75) is 38.6 Å². The summed E-state index contributed by atoms with van der Waals surface area (Å²) in [5.41, 5.74) is 0.983. The molecule has 2 N–H and O–H groups in total. The van der Waals surface area contributed by atoms with Gasteiger partial charge in [0, 0.05) is 12.1 Å². The van der Waals surface area contributed by atoms with Crippen molar-refractivity contribution >= 4 is 5.91 Å². The van der Waals surface area contributed by atoms with E-state index in [1.54, 1.807) is 6.20 Å². The van der Waals surface area contributed by atoms with Gasteiger partial charge in [-0.2, -0.15) is 5.10 Å². The molecule has 1 aromatic rings. The predicted molar refractivity (Wildman–Crippen MR) is 71.0 cm³/mol. The Morgan fingerprint density at radius 1 is 1.21 bits per heavy atom. The summed E-state index contributed by atoms with van der Waals surface area (Å²) < 4.78 is 0. The summed E-state index contributed by atoms with van der Waals surface area (Å²) in [6.45, 7) is 0.585. The van der Waals surface area contributed by atoms with Crippen LogP contribution in [0.4, 0.5) is 0 Å². The molecule has 4 aliphatic rings. The molecule has 0 unspecified atom stereocenters. The van der Waals surface area contributed by atoms with Crippen LogP contribution in [0.3, 0.4) is 0 Å². The van der Waals surface area contributed by atoms with Gasteiger partial charge in [-0.05, 0) is 61.8 Å². The highest BCUT2D eigenvalue weighted by Gasteiger charge is 2.50. The zero-order valence-electron chi connectivity index (χ0n) is 11.1. The second-order valence-electron chi connectivity index (χ2n) is 6.76. The van der Waals surface area contributed by atoms with Gasteiger partial charge in [0.2, 0.25) is 5.91 Å². The highest BCUT2D eigenvalue weighted by Crippen LogP contribution is 2.56. The zero-order chi connectivity index (χ0) is 12.8. The van der Waals surface area contributed by atoms with Crippen molar-refractivity contribution in [3.8, 4) is 0 Å². The van der Waals surface area contributed by atoms with E-state index in [1.807, 2.05) is 6.07 Å². The molecule has 1 amide bonds. The first-order valence-corrected chi connectivity index (χ1v) is 7.55. The van der Waals surface area contributed by atoms with Crippen LogP contribution in [-0.4, -0.2) is 16.1 Å². The highest BCUT2D eigenvalue weighted by molar-refractivity contribution is 5.79. The van der Waals surface area contributed by atoms with E-state index in [2.05, 4.69) is 15.5 Å². The Kier molecular flexibility index (Phi) is 2.64. The lowest BCUT2D eigenvalue weighted by Crippen LogP contribution is -2.50. The molecule has 4 fully saturated rings. The van der Waals surface area contributed by atoms with Crippen LogP contribution in [0.5, 0.6) is 0 Å². The number of nitrogens with zero attached hydrogens (tertiary/aromatic N) is 1. The van der Waals surface area contributed by atoms with Gasteiger partial charge in [0.25, 0.3) is 0 Å². The summed E-state index contributed by atoms with van der Waals surface area (Å²) in [5.74, 6) is 3.76. The Balaban J connectivity index is 1.43. The number of aromatic amines is 1. The maximum Gasteiger partial charge on any atom is 0.223 e. The lowest BCUT2D eigenvalue weighted by Gasteiger charge is -2.53. The summed E-state index contributed by atoms with van der Waals surface area (Å²) in [4.78, 5) is 12.5. The van der Waals surface area contributed by atoms with Crippen molar-refractivity contribution in [3.63, 3.8) is 0 Å². The molecule has 4 heteroatoms. The molecule has 0 saturated heterocycles. The molecule has 1 aromatic heterocycles. The molecule has 1 heterocycles. The fourth-order valence-electron chi connectivity index (χ4n) is 5.04. The molecule has 0 spiro atoms. The van der Waals surface area contributed by atoms with E-state index in [0.29, 0.717) is 18.4 Å². The van der Waals surface area contributed by atoms with Crippen LogP contribution in [0.15, 0.2) is 12.3 Å². The van der Waals surface area contributed by atoms with E-state index in [9.17, 15) is 4.79 Å². The Labute approximate surface area is 113 Å². The largest absolute Gasteiger partial charge is 0.350 e. The second-order valence-corrected chi connectivity index (χ2v) is 6.76. The summed E-state index contributed by atoms with van der Waals surface area (Å²) in [6, 6.07) is 1.91. The first kappa shape index (κ1) is 11.5. The third-order valence-corrected chi connectivity index (χ3v) is 5.54. The standard InChI is InChI=1S/C15H21N3O/c19-15(16-8-13-1-2-17-18-13)14-11-4-9-3-10(6-11)7-12(14)5-9/h1-2,9-12,14H,3-8H2,(H,16,19)(H,17,18). The lowest BCUT2D eigenvalue weighted by molar-refractivity contribution is -0.138. The van der Waals surface area contributed by atoms with Crippen molar-refractivity contribution < 1.29 is 4.79 Å². The van der Waals surface area contributed by atoms with E-state index in [0.717, 1.165) is 17.5 Å². The maximum absolute atomic E-state index is 12.5. The van der Waals surface area contributed by atoms with Crippen LogP contribution in [0.25, 0.3) is 0 Å². The highest BCUT2D eigenvalue weighted by atomic mass is 16.1. The van der Waals surface area contributed by atoms with Gasteiger partial charge < -0.3 is 5.32 Å². The van der Waals surface area contributed by atoms with Gasteiger partial charge in [-0.3, -0.25) is 9.89 Å². The van der Waals surface area contributed by atoms with Gasteiger partial charge >= 0.3 is 0 Å². The molecule has 0 aromatic carbocycles. The first-order valence-electron chi connectivity index (χ1n) is 7.55. The number of hydrogen-bond acceptors (Lipinski definition) is 2. The topological polar surface area (TPSA) is 57.8 Å². The first-order chi connectivity index (χ1) is 9.29. The minimum atomic E-state index is 0.281. The van der Waals surface area contributed by atoms with Crippen molar-refractivity contribution in [3.05, 3.63) is 18.0 Å². The molecule has 5 rings (SSSR count). The van der Waals surface area contributed by atoms with E-state index in [4.69, 9.17) is 0 Å². The number of hydrogen-bond donors (Lipinski definition) is 2. The van der Waals surface area contributed by atoms with Gasteiger partial charge in [-0.25, -0.2) is 0 Å². The fourth-order valence-corrected chi connectivity index (χ4v) is 5.04. The van der Waals surface area contributed by atoms with Crippen LogP contribution >= 0.6 is 0 Å². The Morgan fingerprint density at radius 3 is 2.47 bits per heavy atom. The minimum Gasteiger partial charge on any atom is -0.350 e. The van der Waals surface area contributed by atoms with E-state index in [-0.39, 0.29) is 11.8 Å². The smallest absolute Gasteiger partial charge is 0.223 e. The molecule has 19 heavy (non-hydrogen) atoms. The summed E-state index contributed by atoms with van der Waals surface area (Å²) >= 11 is 0. The third-order valence-electron chi connectivity index (χ3n) is 5.54. The number of carbonyl (C=O) groups is 1. The van der Waals surface area contributed by atoms with E-state index in [1.165, 1.54) is 32.1 Å². The van der Waals surface area contributed by atoms with Gasteiger partial charge in [-0.15, -0.1) is 0 Å². The van der Waals surface area contributed by atoms with Gasteiger partial charge in [0.05, 0.1) is 12.2 Å². The monoisotopic (exact) mass is 259 g/mol. The molecule has 0 atom stereocenters. The van der Waals surface area contributed by atoms with Crippen LogP contribution < -0.4 is 5.32 Å². The van der Waals surface area contributed by atoms with Crippen LogP contribution in [-0.2, 0) is 11.3 Å². The average Bonchev–Trinajstić information content (AvgIpc) is 2.88. The molecular weight excluding hydrogens is 238 g/mol. The van der Waals surface area contributed by atoms with Crippen molar-refractivity contribution in [2.75, 3.05) is 0 Å². The Morgan fingerprint density at radius 2 is 1.89 bits per heavy atom. The van der Waals surface area contributed by atoms with Crippen LogP contribution in [0.1, 0.15) is 37.8 Å². The molecule has 4 aliphatic carbocycles. The Hall–Kier alpha value is -1.32. The number of carbonyl (C=O) groups excluding carboxylic acids is 1. The summed E-state index contributed by atoms with van der Waals surface area (Å²) in [5, 5.41) is 9.91. The third kappa shape index (κ3) is 1.97. The summed E-state index contributed by atoms with van der Waals surface area (Å²) in [7, 11) is 0. The predicted octanol–water partition coefficient (Wildman–Crippen LogP) is 2.10. The molecule has 0 aliphatic heterocycles. The summed E-state index contributed by atoms with van der Waals surface area (Å²) in [6.07, 6.45) is 8.37. The quantitative estimate of drug-likeness (QED) is 0.873. The molecule has 102 valence electrons. The number of aromatic nitrogens is 2. The number of nitrogens with one attached hydrogen (secondary N) is 2. The number of amides is 1. The van der Waals surface area contributed by atoms with E-state index >= 15 is 0 Å². The van der Waals surface area contributed by atoms with Crippen molar-refractivity contribution in [2.24, 2.45) is 29.6 Å². The maximum atomic E-state index is 12.5. The van der Waals surface area contributed by atoms with Gasteiger partial charge in [-0.1, -0.05) is 0 Å². The minimum absolute atomic E-state index is 0.281. The van der Waals surface area contributed by atoms with E-state index < -0.39 is 0 Å². The molecule has 4 saturated carbocycles. The second kappa shape index (κ2) is 4.36. The SMILES string of the molecule is O=C(NCc1ccn[nH]1)C1C2CC3CC(C2)CC1C3. The number of H-pyrrole nitrogens is 1. The fraction of sp³-hybridized carbons (Fsp3) is 0.733. The zero-order valence-corrected chi connectivity index (χ0v) is 11.1. The van der Waals surface area contributed by atoms with Crippen LogP contribution in [0, 0.1) is 29.6 Å². The molecule has 4 bridgehead atoms. The number of rotatable bonds is 3. The van der Waals surface area contributed by atoms with Crippen molar-refractivity contribution in [1.82, 2.24) is 15.5 Å². The van der Waals surface area contributed by atoms with Gasteiger partial charge in [0.1, 0.15) is 0 Å².